The fourth-order valence-electron chi connectivity index (χ4n) is 2.57. The van der Waals surface area contributed by atoms with Gasteiger partial charge < -0.3 is 5.32 Å². The molecule has 0 saturated carbocycles. The van der Waals surface area contributed by atoms with E-state index in [0.29, 0.717) is 18.6 Å². The molecule has 1 aromatic carbocycles. The third-order valence-corrected chi connectivity index (χ3v) is 4.93. The lowest BCUT2D eigenvalue weighted by Gasteiger charge is -2.20. The van der Waals surface area contributed by atoms with E-state index in [-0.39, 0.29) is 17.9 Å². The highest BCUT2D eigenvalue weighted by molar-refractivity contribution is 7.10. The molecule has 5 nitrogen and oxygen atoms in total. The molecule has 2 aromatic rings. The topological polar surface area (TPSA) is 70.6 Å². The minimum absolute atomic E-state index is 0.156. The van der Waals surface area contributed by atoms with Crippen molar-refractivity contribution in [3.05, 3.63) is 57.8 Å². The second-order valence-electron chi connectivity index (χ2n) is 5.61. The van der Waals surface area contributed by atoms with Crippen LogP contribution in [0.2, 0.25) is 0 Å². The molecule has 1 unspecified atom stereocenters. The van der Waals surface area contributed by atoms with Gasteiger partial charge in [0.15, 0.2) is 0 Å². The highest BCUT2D eigenvalue weighted by Crippen LogP contribution is 2.26. The van der Waals surface area contributed by atoms with Crippen LogP contribution in [-0.4, -0.2) is 17.5 Å². The standard InChI is InChI=1S/C18H19N3O2S/c1-2-12-5-7-13(8-6-12)17(15-4-3-11-24-15)19-18(23)14-9-10-16(22)21-20-14/h3-8,11,17H,2,9-10H2,1H3,(H,19,23)(H,21,22). The van der Waals surface area contributed by atoms with Gasteiger partial charge in [0, 0.05) is 17.7 Å². The zero-order chi connectivity index (χ0) is 16.9. The van der Waals surface area contributed by atoms with Gasteiger partial charge in [-0.1, -0.05) is 37.3 Å². The predicted molar refractivity (Wildman–Crippen MR) is 94.9 cm³/mol. The van der Waals surface area contributed by atoms with E-state index in [1.54, 1.807) is 11.3 Å². The number of hydrazone groups is 1. The molecule has 1 aliphatic heterocycles. The molecule has 2 amide bonds. The number of hydrogen-bond donors (Lipinski definition) is 2. The SMILES string of the molecule is CCc1ccc(C(NC(=O)C2=NNC(=O)CC2)c2cccs2)cc1. The van der Waals surface area contributed by atoms with Gasteiger partial charge in [-0.05, 0) is 29.0 Å². The Hall–Kier alpha value is -2.47. The monoisotopic (exact) mass is 341 g/mol. The zero-order valence-corrected chi connectivity index (χ0v) is 14.2. The van der Waals surface area contributed by atoms with Crippen molar-refractivity contribution >= 4 is 28.9 Å². The van der Waals surface area contributed by atoms with Crippen LogP contribution >= 0.6 is 11.3 Å². The average molecular weight is 341 g/mol. The predicted octanol–water partition coefficient (Wildman–Crippen LogP) is 2.78. The first-order valence-electron chi connectivity index (χ1n) is 7.96. The van der Waals surface area contributed by atoms with Crippen LogP contribution in [0.15, 0.2) is 46.9 Å². The fraction of sp³-hybridized carbons (Fsp3) is 0.278. The van der Waals surface area contributed by atoms with E-state index < -0.39 is 0 Å². The molecule has 24 heavy (non-hydrogen) atoms. The van der Waals surface area contributed by atoms with E-state index in [4.69, 9.17) is 0 Å². The molecule has 124 valence electrons. The summed E-state index contributed by atoms with van der Waals surface area (Å²) in [6, 6.07) is 12.0. The molecule has 0 saturated heterocycles. The Morgan fingerprint density at radius 3 is 2.67 bits per heavy atom. The molecule has 2 heterocycles. The van der Waals surface area contributed by atoms with Crippen molar-refractivity contribution < 1.29 is 9.59 Å². The van der Waals surface area contributed by atoms with Gasteiger partial charge in [-0.15, -0.1) is 11.3 Å². The first-order chi connectivity index (χ1) is 11.7. The second-order valence-corrected chi connectivity index (χ2v) is 6.59. The van der Waals surface area contributed by atoms with E-state index in [1.165, 1.54) is 5.56 Å². The quantitative estimate of drug-likeness (QED) is 0.878. The Bertz CT molecular complexity index is 751. The minimum Gasteiger partial charge on any atom is -0.339 e. The van der Waals surface area contributed by atoms with Crippen molar-refractivity contribution in [1.29, 1.82) is 0 Å². The maximum absolute atomic E-state index is 12.5. The number of carbonyl (C=O) groups excluding carboxylic acids is 2. The molecule has 0 fully saturated rings. The molecule has 2 N–H and O–H groups in total. The minimum atomic E-state index is -0.243. The van der Waals surface area contributed by atoms with Crippen molar-refractivity contribution in [1.82, 2.24) is 10.7 Å². The molecular formula is C18H19N3O2S. The van der Waals surface area contributed by atoms with Crippen molar-refractivity contribution in [2.24, 2.45) is 5.10 Å². The summed E-state index contributed by atoms with van der Waals surface area (Å²) in [6.45, 7) is 2.11. The van der Waals surface area contributed by atoms with Gasteiger partial charge in [-0.2, -0.15) is 5.10 Å². The fourth-order valence-corrected chi connectivity index (χ4v) is 3.37. The summed E-state index contributed by atoms with van der Waals surface area (Å²) in [7, 11) is 0. The van der Waals surface area contributed by atoms with Gasteiger partial charge in [0.25, 0.3) is 5.91 Å². The van der Waals surface area contributed by atoms with E-state index in [0.717, 1.165) is 16.9 Å². The highest BCUT2D eigenvalue weighted by Gasteiger charge is 2.23. The number of aryl methyl sites for hydroxylation is 1. The van der Waals surface area contributed by atoms with Crippen LogP contribution in [0.1, 0.15) is 41.8 Å². The lowest BCUT2D eigenvalue weighted by Crippen LogP contribution is -2.38. The summed E-state index contributed by atoms with van der Waals surface area (Å²) < 4.78 is 0. The van der Waals surface area contributed by atoms with Crippen LogP contribution < -0.4 is 10.7 Å². The molecule has 0 radical (unpaired) electrons. The van der Waals surface area contributed by atoms with E-state index in [9.17, 15) is 9.59 Å². The number of nitrogens with zero attached hydrogens (tertiary/aromatic N) is 1. The summed E-state index contributed by atoms with van der Waals surface area (Å²) in [4.78, 5) is 24.8. The van der Waals surface area contributed by atoms with Crippen LogP contribution in [0.25, 0.3) is 0 Å². The number of rotatable bonds is 5. The summed E-state index contributed by atoms with van der Waals surface area (Å²) in [6.07, 6.45) is 1.64. The van der Waals surface area contributed by atoms with Gasteiger partial charge in [0.2, 0.25) is 5.91 Å². The molecule has 1 atom stereocenters. The van der Waals surface area contributed by atoms with E-state index in [2.05, 4.69) is 34.9 Å². The zero-order valence-electron chi connectivity index (χ0n) is 13.4. The first-order valence-corrected chi connectivity index (χ1v) is 8.84. The highest BCUT2D eigenvalue weighted by atomic mass is 32.1. The Kier molecular flexibility index (Phi) is 5.05. The number of nitrogens with one attached hydrogen (secondary N) is 2. The number of carbonyl (C=O) groups is 2. The molecule has 3 rings (SSSR count). The Morgan fingerprint density at radius 2 is 2.08 bits per heavy atom. The summed E-state index contributed by atoms with van der Waals surface area (Å²) in [5.74, 6) is -0.399. The summed E-state index contributed by atoms with van der Waals surface area (Å²) in [5, 5.41) is 8.91. The average Bonchev–Trinajstić information content (AvgIpc) is 3.14. The van der Waals surface area contributed by atoms with Crippen LogP contribution in [0, 0.1) is 0 Å². The number of benzene rings is 1. The van der Waals surface area contributed by atoms with E-state index >= 15 is 0 Å². The second kappa shape index (κ2) is 7.40. The van der Waals surface area contributed by atoms with Crippen LogP contribution in [0.3, 0.4) is 0 Å². The van der Waals surface area contributed by atoms with Crippen molar-refractivity contribution in [2.45, 2.75) is 32.2 Å². The Balaban J connectivity index is 1.83. The maximum atomic E-state index is 12.5. The van der Waals surface area contributed by atoms with Gasteiger partial charge in [-0.3, -0.25) is 9.59 Å². The van der Waals surface area contributed by atoms with E-state index in [1.807, 2.05) is 29.6 Å². The molecular weight excluding hydrogens is 322 g/mol. The lowest BCUT2D eigenvalue weighted by atomic mass is 10.0. The lowest BCUT2D eigenvalue weighted by molar-refractivity contribution is -0.121. The molecule has 1 aromatic heterocycles. The molecule has 0 bridgehead atoms. The molecule has 1 aliphatic rings. The number of amides is 2. The number of hydrogen-bond acceptors (Lipinski definition) is 4. The van der Waals surface area contributed by atoms with Crippen molar-refractivity contribution in [3.63, 3.8) is 0 Å². The van der Waals surface area contributed by atoms with Crippen molar-refractivity contribution in [3.8, 4) is 0 Å². The first kappa shape index (κ1) is 16.4. The smallest absolute Gasteiger partial charge is 0.268 e. The van der Waals surface area contributed by atoms with Gasteiger partial charge in [0.05, 0.1) is 6.04 Å². The van der Waals surface area contributed by atoms with Crippen LogP contribution in [0.4, 0.5) is 0 Å². The van der Waals surface area contributed by atoms with Gasteiger partial charge in [-0.25, -0.2) is 5.43 Å². The normalized spacial score (nSPS) is 15.4. The van der Waals surface area contributed by atoms with Crippen molar-refractivity contribution in [2.75, 3.05) is 0 Å². The maximum Gasteiger partial charge on any atom is 0.268 e. The van der Waals surface area contributed by atoms with Gasteiger partial charge in [0.1, 0.15) is 5.71 Å². The molecule has 0 aliphatic carbocycles. The third-order valence-electron chi connectivity index (χ3n) is 3.99. The summed E-state index contributed by atoms with van der Waals surface area (Å²) in [5.41, 5.74) is 5.02. The third kappa shape index (κ3) is 3.71. The Morgan fingerprint density at radius 1 is 1.29 bits per heavy atom. The molecule has 0 spiro atoms. The van der Waals surface area contributed by atoms with Crippen LogP contribution in [0.5, 0.6) is 0 Å². The summed E-state index contributed by atoms with van der Waals surface area (Å²) >= 11 is 1.60. The van der Waals surface area contributed by atoms with Gasteiger partial charge >= 0.3 is 0 Å². The van der Waals surface area contributed by atoms with Crippen LogP contribution in [-0.2, 0) is 16.0 Å². The largest absolute Gasteiger partial charge is 0.339 e. The molecule has 6 heteroatoms. The number of thiophene rings is 1. The Labute approximate surface area is 144 Å².